The summed E-state index contributed by atoms with van der Waals surface area (Å²) in [7, 11) is 0. The van der Waals surface area contributed by atoms with Crippen molar-refractivity contribution in [2.45, 2.75) is 31.9 Å². The smallest absolute Gasteiger partial charge is 0.420 e. The first-order valence-electron chi connectivity index (χ1n) is 8.86. The Balaban J connectivity index is 1.77. The molecule has 0 saturated heterocycles. The maximum atomic E-state index is 13.3. The quantitative estimate of drug-likeness (QED) is 0.331. The number of benzene rings is 2. The van der Waals surface area contributed by atoms with Gasteiger partial charge in [-0.15, -0.1) is 0 Å². The van der Waals surface area contributed by atoms with Gasteiger partial charge in [0, 0.05) is 29.1 Å². The minimum Gasteiger partial charge on any atom is -0.457 e. The molecule has 0 saturated carbocycles. The molecule has 1 aliphatic rings. The Morgan fingerprint density at radius 2 is 1.76 bits per heavy atom. The van der Waals surface area contributed by atoms with Gasteiger partial charge in [-0.05, 0) is 49.4 Å². The zero-order valence-corrected chi connectivity index (χ0v) is 14.9. The lowest BCUT2D eigenvalue weighted by Crippen LogP contribution is -2.15. The highest BCUT2D eigenvalue weighted by Gasteiger charge is 2.36. The summed E-state index contributed by atoms with van der Waals surface area (Å²) >= 11 is 0. The van der Waals surface area contributed by atoms with E-state index in [1.807, 2.05) is 0 Å². The van der Waals surface area contributed by atoms with Crippen LogP contribution in [0.5, 0.6) is 11.5 Å². The van der Waals surface area contributed by atoms with E-state index in [1.54, 1.807) is 6.07 Å². The van der Waals surface area contributed by atoms with Crippen LogP contribution in [0, 0.1) is 10.1 Å². The molecule has 0 bridgehead atoms. The number of hydrogen-bond donors (Lipinski definition) is 0. The van der Waals surface area contributed by atoms with Gasteiger partial charge < -0.3 is 9.15 Å². The van der Waals surface area contributed by atoms with E-state index < -0.39 is 33.7 Å². The molecule has 0 N–H and O–H groups in total. The van der Waals surface area contributed by atoms with E-state index >= 15 is 0 Å². The fourth-order valence-electron chi connectivity index (χ4n) is 3.56. The van der Waals surface area contributed by atoms with Gasteiger partial charge in [-0.3, -0.25) is 10.1 Å². The SMILES string of the molecule is O=c1oc2cc(Oc3ccc([N+](=O)[O-])cc3C(F)(F)F)ccc2c2c1CCCC2. The summed E-state index contributed by atoms with van der Waals surface area (Å²) in [4.78, 5) is 22.1. The van der Waals surface area contributed by atoms with Crippen LogP contribution in [0.4, 0.5) is 18.9 Å². The highest BCUT2D eigenvalue weighted by Crippen LogP contribution is 2.40. The molecule has 9 heteroatoms. The van der Waals surface area contributed by atoms with E-state index in [4.69, 9.17) is 9.15 Å². The number of fused-ring (bicyclic) bond motifs is 3. The summed E-state index contributed by atoms with van der Waals surface area (Å²) in [6.07, 6.45) is -1.61. The Labute approximate surface area is 161 Å². The van der Waals surface area contributed by atoms with Crippen molar-refractivity contribution in [3.05, 3.63) is 73.6 Å². The average molecular weight is 405 g/mol. The molecule has 0 spiro atoms. The van der Waals surface area contributed by atoms with E-state index in [2.05, 4.69) is 0 Å². The van der Waals surface area contributed by atoms with Crippen molar-refractivity contribution >= 4 is 16.7 Å². The maximum Gasteiger partial charge on any atom is 0.420 e. The van der Waals surface area contributed by atoms with Crippen LogP contribution in [0.15, 0.2) is 45.6 Å². The third-order valence-corrected chi connectivity index (χ3v) is 4.90. The topological polar surface area (TPSA) is 82.6 Å². The predicted molar refractivity (Wildman–Crippen MR) is 97.3 cm³/mol. The van der Waals surface area contributed by atoms with Crippen LogP contribution >= 0.6 is 0 Å². The maximum absolute atomic E-state index is 13.3. The van der Waals surface area contributed by atoms with Gasteiger partial charge in [-0.1, -0.05) is 0 Å². The normalized spacial score (nSPS) is 13.9. The molecule has 1 heterocycles. The number of halogens is 3. The van der Waals surface area contributed by atoms with Gasteiger partial charge in [-0.2, -0.15) is 13.2 Å². The van der Waals surface area contributed by atoms with Crippen LogP contribution in [0.3, 0.4) is 0 Å². The number of hydrogen-bond acceptors (Lipinski definition) is 5. The van der Waals surface area contributed by atoms with Gasteiger partial charge >= 0.3 is 11.8 Å². The fraction of sp³-hybridized carbons (Fsp3) is 0.250. The van der Waals surface area contributed by atoms with Crippen LogP contribution in [0.1, 0.15) is 29.5 Å². The molecule has 29 heavy (non-hydrogen) atoms. The summed E-state index contributed by atoms with van der Waals surface area (Å²) in [5, 5.41) is 11.5. The summed E-state index contributed by atoms with van der Waals surface area (Å²) < 4.78 is 50.7. The highest BCUT2D eigenvalue weighted by molar-refractivity contribution is 5.83. The number of nitrogens with zero attached hydrogens (tertiary/aromatic N) is 1. The zero-order chi connectivity index (χ0) is 20.8. The summed E-state index contributed by atoms with van der Waals surface area (Å²) in [6, 6.07) is 6.74. The molecular weight excluding hydrogens is 391 g/mol. The second-order valence-corrected chi connectivity index (χ2v) is 6.75. The van der Waals surface area contributed by atoms with Crippen LogP contribution in [0.25, 0.3) is 11.0 Å². The van der Waals surface area contributed by atoms with E-state index in [9.17, 15) is 28.1 Å². The Morgan fingerprint density at radius 1 is 1.03 bits per heavy atom. The molecule has 2 aromatic carbocycles. The second kappa shape index (κ2) is 6.91. The van der Waals surface area contributed by atoms with Gasteiger partial charge in [0.2, 0.25) is 0 Å². The fourth-order valence-corrected chi connectivity index (χ4v) is 3.56. The minimum atomic E-state index is -4.84. The predicted octanol–water partition coefficient (Wildman–Crippen LogP) is 5.39. The molecule has 0 atom stereocenters. The number of alkyl halides is 3. The lowest BCUT2D eigenvalue weighted by Gasteiger charge is -2.17. The molecule has 4 rings (SSSR count). The van der Waals surface area contributed by atoms with Crippen LogP contribution in [-0.4, -0.2) is 4.92 Å². The monoisotopic (exact) mass is 405 g/mol. The number of ether oxygens (including phenoxy) is 1. The standard InChI is InChI=1S/C20H14F3NO5/c21-20(22,23)16-9-11(24(26)27)5-8-17(16)28-12-6-7-14-13-3-1-2-4-15(13)19(25)29-18(14)10-12/h5-10H,1-4H2. The molecular formula is C20H14F3NO5. The first-order valence-corrected chi connectivity index (χ1v) is 8.86. The third-order valence-electron chi connectivity index (χ3n) is 4.90. The van der Waals surface area contributed by atoms with Crippen molar-refractivity contribution in [2.75, 3.05) is 0 Å². The highest BCUT2D eigenvalue weighted by atomic mass is 19.4. The number of aryl methyl sites for hydroxylation is 1. The summed E-state index contributed by atoms with van der Waals surface area (Å²) in [6.45, 7) is 0. The molecule has 0 unspecified atom stereocenters. The van der Waals surface area contributed by atoms with Gasteiger partial charge in [0.1, 0.15) is 22.6 Å². The summed E-state index contributed by atoms with van der Waals surface area (Å²) in [5.41, 5.74) is -0.633. The Kier molecular flexibility index (Phi) is 4.52. The first-order chi connectivity index (χ1) is 13.7. The minimum absolute atomic E-state index is 0.0239. The number of rotatable bonds is 3. The van der Waals surface area contributed by atoms with Gasteiger partial charge in [0.05, 0.1) is 4.92 Å². The Hall–Kier alpha value is -3.36. The Bertz CT molecular complexity index is 1180. The molecule has 0 aliphatic heterocycles. The van der Waals surface area contributed by atoms with Crippen molar-refractivity contribution in [3.63, 3.8) is 0 Å². The van der Waals surface area contributed by atoms with Crippen molar-refractivity contribution in [2.24, 2.45) is 0 Å². The number of nitro groups is 1. The molecule has 0 radical (unpaired) electrons. The van der Waals surface area contributed by atoms with E-state index in [0.717, 1.165) is 42.3 Å². The van der Waals surface area contributed by atoms with Crippen molar-refractivity contribution in [3.8, 4) is 11.5 Å². The third kappa shape index (κ3) is 3.55. The largest absolute Gasteiger partial charge is 0.457 e. The lowest BCUT2D eigenvalue weighted by molar-refractivity contribution is -0.385. The summed E-state index contributed by atoms with van der Waals surface area (Å²) in [5.74, 6) is -0.557. The van der Waals surface area contributed by atoms with Crippen LogP contribution < -0.4 is 10.4 Å². The molecule has 0 fully saturated rings. The van der Waals surface area contributed by atoms with E-state index in [1.165, 1.54) is 12.1 Å². The van der Waals surface area contributed by atoms with Crippen LogP contribution in [-0.2, 0) is 19.0 Å². The van der Waals surface area contributed by atoms with E-state index in [-0.39, 0.29) is 11.3 Å². The molecule has 0 amide bonds. The molecule has 150 valence electrons. The molecule has 6 nitrogen and oxygen atoms in total. The van der Waals surface area contributed by atoms with Crippen molar-refractivity contribution < 1.29 is 27.2 Å². The van der Waals surface area contributed by atoms with Crippen molar-refractivity contribution in [1.82, 2.24) is 0 Å². The average Bonchev–Trinajstić information content (AvgIpc) is 2.67. The molecule has 1 aliphatic carbocycles. The lowest BCUT2D eigenvalue weighted by atomic mass is 9.91. The van der Waals surface area contributed by atoms with Gasteiger partial charge in [0.15, 0.2) is 0 Å². The van der Waals surface area contributed by atoms with Crippen LogP contribution in [0.2, 0.25) is 0 Å². The number of non-ortho nitro benzene ring substituents is 1. The van der Waals surface area contributed by atoms with E-state index in [0.29, 0.717) is 18.1 Å². The molecule has 3 aromatic rings. The Morgan fingerprint density at radius 3 is 2.45 bits per heavy atom. The van der Waals surface area contributed by atoms with Crippen molar-refractivity contribution in [1.29, 1.82) is 0 Å². The van der Waals surface area contributed by atoms with Gasteiger partial charge in [0.25, 0.3) is 5.69 Å². The zero-order valence-electron chi connectivity index (χ0n) is 14.9. The second-order valence-electron chi connectivity index (χ2n) is 6.75. The molecule has 1 aromatic heterocycles. The first kappa shape index (κ1) is 19.0. The number of nitro benzene ring substituents is 1. The van der Waals surface area contributed by atoms with Gasteiger partial charge in [-0.25, -0.2) is 4.79 Å².